The number of hydrogen-bond donors (Lipinski definition) is 1. The number of carbonyl (C=O) groups excluding carboxylic acids is 2. The zero-order chi connectivity index (χ0) is 26.0. The van der Waals surface area contributed by atoms with Crippen LogP contribution in [0.4, 0.5) is 0 Å². The molecule has 0 unspecified atom stereocenters. The molecule has 7 heteroatoms. The topological polar surface area (TPSA) is 67.9 Å². The third kappa shape index (κ3) is 7.49. The Bertz CT molecular complexity index is 1200. The summed E-state index contributed by atoms with van der Waals surface area (Å²) in [4.78, 5) is 28.8. The highest BCUT2D eigenvalue weighted by molar-refractivity contribution is 6.30. The Morgan fingerprint density at radius 3 is 2.43 bits per heavy atom. The molecule has 194 valence electrons. The van der Waals surface area contributed by atoms with E-state index in [0.717, 1.165) is 28.9 Å². The van der Waals surface area contributed by atoms with Crippen LogP contribution in [0.1, 0.15) is 36.5 Å². The third-order valence-corrected chi connectivity index (χ3v) is 6.53. The summed E-state index contributed by atoms with van der Waals surface area (Å²) in [5.41, 5.74) is 2.85. The summed E-state index contributed by atoms with van der Waals surface area (Å²) in [6.07, 6.45) is 2.02. The van der Waals surface area contributed by atoms with Gasteiger partial charge in [0, 0.05) is 31.0 Å². The molecule has 0 aromatic heterocycles. The van der Waals surface area contributed by atoms with Gasteiger partial charge in [0.15, 0.2) is 11.5 Å². The molecule has 4 rings (SSSR count). The van der Waals surface area contributed by atoms with Gasteiger partial charge in [-0.25, -0.2) is 0 Å². The van der Waals surface area contributed by atoms with Crippen LogP contribution in [0.15, 0.2) is 72.8 Å². The van der Waals surface area contributed by atoms with E-state index in [0.29, 0.717) is 43.4 Å². The molecule has 0 radical (unpaired) electrons. The van der Waals surface area contributed by atoms with Crippen LogP contribution in [-0.2, 0) is 29.0 Å². The van der Waals surface area contributed by atoms with E-state index in [1.807, 2.05) is 73.7 Å². The number of rotatable bonds is 11. The Balaban J connectivity index is 1.58. The van der Waals surface area contributed by atoms with E-state index in [1.54, 1.807) is 11.0 Å². The average Bonchev–Trinajstić information content (AvgIpc) is 2.92. The summed E-state index contributed by atoms with van der Waals surface area (Å²) in [5, 5.41) is 3.60. The van der Waals surface area contributed by atoms with Crippen molar-refractivity contribution >= 4 is 23.4 Å². The van der Waals surface area contributed by atoms with Crippen molar-refractivity contribution in [2.45, 2.75) is 45.2 Å². The summed E-state index contributed by atoms with van der Waals surface area (Å²) in [6, 6.07) is 22.3. The van der Waals surface area contributed by atoms with Crippen LogP contribution in [0.25, 0.3) is 0 Å². The number of ether oxygens (including phenoxy) is 2. The minimum Gasteiger partial charge on any atom is -0.486 e. The van der Waals surface area contributed by atoms with Crippen molar-refractivity contribution in [3.8, 4) is 11.5 Å². The number of carbonyl (C=O) groups is 2. The molecule has 3 aromatic rings. The van der Waals surface area contributed by atoms with Gasteiger partial charge < -0.3 is 19.7 Å². The van der Waals surface area contributed by atoms with E-state index >= 15 is 0 Å². The fraction of sp³-hybridized carbons (Fsp3) is 0.333. The smallest absolute Gasteiger partial charge is 0.243 e. The van der Waals surface area contributed by atoms with Crippen LogP contribution in [0, 0.1) is 0 Å². The summed E-state index contributed by atoms with van der Waals surface area (Å²) in [5.74, 6) is 1.18. The summed E-state index contributed by atoms with van der Waals surface area (Å²) in [6.45, 7) is 3.90. The molecule has 6 nitrogen and oxygen atoms in total. The van der Waals surface area contributed by atoms with Gasteiger partial charge in [-0.1, -0.05) is 67.1 Å². The highest BCUT2D eigenvalue weighted by Gasteiger charge is 2.30. The molecule has 1 atom stereocenters. The predicted molar refractivity (Wildman–Crippen MR) is 145 cm³/mol. The van der Waals surface area contributed by atoms with Gasteiger partial charge in [0.2, 0.25) is 11.8 Å². The summed E-state index contributed by atoms with van der Waals surface area (Å²) in [7, 11) is 0. The Hall–Kier alpha value is -3.51. The van der Waals surface area contributed by atoms with Gasteiger partial charge in [-0.2, -0.15) is 0 Å². The second kappa shape index (κ2) is 13.2. The minimum absolute atomic E-state index is 0.0950. The number of aryl methyl sites for hydroxylation is 1. The average molecular weight is 521 g/mol. The zero-order valence-electron chi connectivity index (χ0n) is 21.1. The van der Waals surface area contributed by atoms with Crippen LogP contribution in [-0.4, -0.2) is 42.5 Å². The van der Waals surface area contributed by atoms with Gasteiger partial charge in [0.1, 0.15) is 19.3 Å². The number of hydrogen-bond acceptors (Lipinski definition) is 4. The lowest BCUT2D eigenvalue weighted by Crippen LogP contribution is -2.50. The molecule has 1 N–H and O–H groups in total. The quantitative estimate of drug-likeness (QED) is 0.377. The van der Waals surface area contributed by atoms with Crippen LogP contribution in [0.5, 0.6) is 11.5 Å². The summed E-state index contributed by atoms with van der Waals surface area (Å²) < 4.78 is 11.3. The second-order valence-corrected chi connectivity index (χ2v) is 9.56. The molecule has 0 spiro atoms. The molecule has 0 saturated heterocycles. The maximum atomic E-state index is 13.8. The lowest BCUT2D eigenvalue weighted by atomic mass is 10.0. The first-order valence-electron chi connectivity index (χ1n) is 12.8. The Morgan fingerprint density at radius 1 is 0.919 bits per heavy atom. The monoisotopic (exact) mass is 520 g/mol. The van der Waals surface area contributed by atoms with Crippen molar-refractivity contribution in [3.05, 3.63) is 94.5 Å². The fourth-order valence-electron chi connectivity index (χ4n) is 4.39. The van der Waals surface area contributed by atoms with Gasteiger partial charge in [0.05, 0.1) is 0 Å². The lowest BCUT2D eigenvalue weighted by Gasteiger charge is -2.32. The maximum Gasteiger partial charge on any atom is 0.243 e. The van der Waals surface area contributed by atoms with Crippen LogP contribution < -0.4 is 14.8 Å². The van der Waals surface area contributed by atoms with Crippen molar-refractivity contribution in [3.63, 3.8) is 0 Å². The molecule has 1 aliphatic heterocycles. The van der Waals surface area contributed by atoms with E-state index < -0.39 is 6.04 Å². The molecule has 0 saturated carbocycles. The number of fused-ring (bicyclic) bond motifs is 1. The second-order valence-electron chi connectivity index (χ2n) is 9.13. The first kappa shape index (κ1) is 26.6. The molecule has 0 aliphatic carbocycles. The molecule has 1 heterocycles. The van der Waals surface area contributed by atoms with Gasteiger partial charge in [-0.15, -0.1) is 0 Å². The van der Waals surface area contributed by atoms with Gasteiger partial charge in [-0.3, -0.25) is 9.59 Å². The predicted octanol–water partition coefficient (Wildman–Crippen LogP) is 5.21. The van der Waals surface area contributed by atoms with Crippen molar-refractivity contribution in [2.24, 2.45) is 0 Å². The van der Waals surface area contributed by atoms with Crippen molar-refractivity contribution in [1.82, 2.24) is 10.2 Å². The summed E-state index contributed by atoms with van der Waals surface area (Å²) >= 11 is 6.24. The largest absolute Gasteiger partial charge is 0.486 e. The standard InChI is InChI=1S/C30H33ClN2O4/c1-2-15-32-30(35)26(19-22-7-4-3-5-8-22)33(21-24-9-6-10-25(31)18-24)29(34)14-12-23-11-13-27-28(20-23)37-17-16-36-27/h3-11,13,18,20,26H,2,12,14-17,19,21H2,1H3,(H,32,35)/t26-/m0/s1. The lowest BCUT2D eigenvalue weighted by molar-refractivity contribution is -0.141. The van der Waals surface area contributed by atoms with Crippen molar-refractivity contribution in [2.75, 3.05) is 19.8 Å². The van der Waals surface area contributed by atoms with Gasteiger partial charge in [-0.05, 0) is 53.8 Å². The molecule has 0 bridgehead atoms. The van der Waals surface area contributed by atoms with E-state index in [-0.39, 0.29) is 24.8 Å². The Kier molecular flexibility index (Phi) is 9.44. The van der Waals surface area contributed by atoms with E-state index in [1.165, 1.54) is 0 Å². The van der Waals surface area contributed by atoms with Crippen molar-refractivity contribution < 1.29 is 19.1 Å². The normalized spacial score (nSPS) is 13.0. The highest BCUT2D eigenvalue weighted by Crippen LogP contribution is 2.31. The van der Waals surface area contributed by atoms with Crippen LogP contribution >= 0.6 is 11.6 Å². The van der Waals surface area contributed by atoms with Crippen molar-refractivity contribution in [1.29, 1.82) is 0 Å². The van der Waals surface area contributed by atoms with Gasteiger partial charge in [0.25, 0.3) is 0 Å². The minimum atomic E-state index is -0.652. The third-order valence-electron chi connectivity index (χ3n) is 6.30. The first-order valence-corrected chi connectivity index (χ1v) is 13.2. The number of nitrogens with one attached hydrogen (secondary N) is 1. The van der Waals surface area contributed by atoms with E-state index in [4.69, 9.17) is 21.1 Å². The highest BCUT2D eigenvalue weighted by atomic mass is 35.5. The molecule has 1 aliphatic rings. The molecule has 0 fully saturated rings. The molecule has 2 amide bonds. The Morgan fingerprint density at radius 2 is 1.68 bits per heavy atom. The SMILES string of the molecule is CCCNC(=O)[C@H](Cc1ccccc1)N(Cc1cccc(Cl)c1)C(=O)CCc1ccc2c(c1)OCCO2. The molecular weight excluding hydrogens is 488 g/mol. The number of amides is 2. The van der Waals surface area contributed by atoms with Crippen LogP contribution in [0.2, 0.25) is 5.02 Å². The first-order chi connectivity index (χ1) is 18.0. The zero-order valence-corrected chi connectivity index (χ0v) is 21.9. The number of benzene rings is 3. The molecular formula is C30H33ClN2O4. The molecule has 3 aromatic carbocycles. The van der Waals surface area contributed by atoms with E-state index in [2.05, 4.69) is 5.32 Å². The number of halogens is 1. The van der Waals surface area contributed by atoms with Crippen LogP contribution in [0.3, 0.4) is 0 Å². The Labute approximate surface area is 223 Å². The number of nitrogens with zero attached hydrogens (tertiary/aromatic N) is 1. The van der Waals surface area contributed by atoms with E-state index in [9.17, 15) is 9.59 Å². The molecule has 37 heavy (non-hydrogen) atoms. The fourth-order valence-corrected chi connectivity index (χ4v) is 4.60. The maximum absolute atomic E-state index is 13.8. The van der Waals surface area contributed by atoms with Gasteiger partial charge >= 0.3 is 0 Å².